The van der Waals surface area contributed by atoms with Crippen molar-refractivity contribution in [3.8, 4) is 11.1 Å². The fourth-order valence-electron chi connectivity index (χ4n) is 5.74. The fourth-order valence-corrected chi connectivity index (χ4v) is 7.04. The van der Waals surface area contributed by atoms with Crippen molar-refractivity contribution in [1.29, 1.82) is 0 Å². The molecule has 0 fully saturated rings. The van der Waals surface area contributed by atoms with Gasteiger partial charge in [-0.1, -0.05) is 105 Å². The first kappa shape index (κ1) is 21.2. The quantitative estimate of drug-likeness (QED) is 0.180. The van der Waals surface area contributed by atoms with E-state index in [-0.39, 0.29) is 0 Å². The Morgan fingerprint density at radius 3 is 2.06 bits per heavy atom. The van der Waals surface area contributed by atoms with Crippen molar-refractivity contribution in [3.05, 3.63) is 112 Å². The van der Waals surface area contributed by atoms with Gasteiger partial charge in [0, 0.05) is 30.8 Å². The van der Waals surface area contributed by atoms with Crippen LogP contribution in [0.3, 0.4) is 0 Å². The summed E-state index contributed by atoms with van der Waals surface area (Å²) in [5.74, 6) is 0. The van der Waals surface area contributed by atoms with E-state index in [1.165, 1.54) is 60.2 Å². The zero-order chi connectivity index (χ0) is 23.5. The molecule has 0 N–H and O–H groups in total. The molecule has 1 heterocycles. The van der Waals surface area contributed by atoms with E-state index >= 15 is 0 Å². The minimum absolute atomic E-state index is 1.03. The Bertz CT molecular complexity index is 1850. The molecule has 0 bridgehead atoms. The molecule has 6 aromatic rings. The van der Waals surface area contributed by atoms with Crippen molar-refractivity contribution in [2.45, 2.75) is 12.8 Å². The van der Waals surface area contributed by atoms with Crippen LogP contribution in [-0.4, -0.2) is 4.57 Å². The van der Waals surface area contributed by atoms with Crippen LogP contribution in [0.25, 0.3) is 60.2 Å². The number of nitrogens with zero attached hydrogens (tertiary/aromatic N) is 1. The summed E-state index contributed by atoms with van der Waals surface area (Å²) < 4.78 is 4.66. The third-order valence-electron chi connectivity index (χ3n) is 7.12. The molecule has 1 aliphatic carbocycles. The van der Waals surface area contributed by atoms with Gasteiger partial charge in [0.05, 0.1) is 11.0 Å². The third-order valence-corrected chi connectivity index (χ3v) is 8.03. The molecule has 0 unspecified atom stereocenters. The van der Waals surface area contributed by atoms with Crippen LogP contribution in [0.1, 0.15) is 12.8 Å². The largest absolute Gasteiger partial charge is 0.312 e. The molecule has 0 atom stereocenters. The predicted octanol–water partition coefficient (Wildman–Crippen LogP) is 10.5. The van der Waals surface area contributed by atoms with Gasteiger partial charge in [-0.3, -0.25) is 0 Å². The molecule has 0 radical (unpaired) electrons. The maximum Gasteiger partial charge on any atom is 0.0622 e. The predicted molar refractivity (Wildman–Crippen MR) is 158 cm³/mol. The van der Waals surface area contributed by atoms with Gasteiger partial charge < -0.3 is 4.57 Å². The third kappa shape index (κ3) is 3.26. The molecule has 1 aromatic heterocycles. The van der Waals surface area contributed by atoms with Crippen molar-refractivity contribution < 1.29 is 0 Å². The SMILES string of the molecule is Brc1cc(Br)cc(-c2cccc3c2c2c4ccccc4c4ccccc4c2n3C2=CC=CCC2)c1. The van der Waals surface area contributed by atoms with Crippen molar-refractivity contribution >= 4 is 80.9 Å². The minimum Gasteiger partial charge on any atom is -0.312 e. The van der Waals surface area contributed by atoms with Crippen molar-refractivity contribution in [1.82, 2.24) is 4.57 Å². The maximum absolute atomic E-state index is 3.71. The first-order valence-electron chi connectivity index (χ1n) is 11.9. The number of rotatable bonds is 2. The van der Waals surface area contributed by atoms with Gasteiger partial charge in [-0.15, -0.1) is 0 Å². The number of halogens is 2. The highest BCUT2D eigenvalue weighted by molar-refractivity contribution is 9.11. The van der Waals surface area contributed by atoms with Crippen molar-refractivity contribution in [2.75, 3.05) is 0 Å². The van der Waals surface area contributed by atoms with E-state index in [4.69, 9.17) is 0 Å². The van der Waals surface area contributed by atoms with E-state index in [0.29, 0.717) is 0 Å². The van der Waals surface area contributed by atoms with Crippen molar-refractivity contribution in [3.63, 3.8) is 0 Å². The molecule has 0 aliphatic heterocycles. The van der Waals surface area contributed by atoms with Crippen LogP contribution in [-0.2, 0) is 0 Å². The van der Waals surface area contributed by atoms with Crippen LogP contribution in [0, 0.1) is 0 Å². The molecular formula is C32H21Br2N. The Labute approximate surface area is 220 Å². The summed E-state index contributed by atoms with van der Waals surface area (Å²) in [6.45, 7) is 0. The number of benzene rings is 5. The zero-order valence-electron chi connectivity index (χ0n) is 18.9. The summed E-state index contributed by atoms with van der Waals surface area (Å²) in [6.07, 6.45) is 8.85. The summed E-state index contributed by atoms with van der Waals surface area (Å²) in [7, 11) is 0. The second kappa shape index (κ2) is 8.22. The van der Waals surface area contributed by atoms with E-state index in [1.54, 1.807) is 0 Å². The van der Waals surface area contributed by atoms with E-state index in [9.17, 15) is 0 Å². The van der Waals surface area contributed by atoms with Crippen LogP contribution in [0.15, 0.2) is 112 Å². The molecule has 3 heteroatoms. The number of hydrogen-bond donors (Lipinski definition) is 0. The van der Waals surface area contributed by atoms with Crippen LogP contribution >= 0.6 is 31.9 Å². The Morgan fingerprint density at radius 1 is 0.657 bits per heavy atom. The lowest BCUT2D eigenvalue weighted by molar-refractivity contribution is 0.981. The van der Waals surface area contributed by atoms with Gasteiger partial charge in [0.2, 0.25) is 0 Å². The molecule has 0 amide bonds. The molecule has 7 rings (SSSR count). The number of hydrogen-bond acceptors (Lipinski definition) is 0. The molecule has 0 spiro atoms. The summed E-state index contributed by atoms with van der Waals surface area (Å²) in [5, 5.41) is 7.85. The summed E-state index contributed by atoms with van der Waals surface area (Å²) in [5.41, 5.74) is 6.36. The molecule has 1 aliphatic rings. The Balaban J connectivity index is 1.79. The average Bonchev–Trinajstić information content (AvgIpc) is 3.25. The van der Waals surface area contributed by atoms with Crippen LogP contribution in [0.2, 0.25) is 0 Å². The second-order valence-corrected chi connectivity index (χ2v) is 11.0. The Hall–Kier alpha value is -3.14. The van der Waals surface area contributed by atoms with Gasteiger partial charge in [-0.05, 0) is 70.5 Å². The van der Waals surface area contributed by atoms with E-state index in [1.807, 2.05) is 0 Å². The van der Waals surface area contributed by atoms with Crippen molar-refractivity contribution in [2.24, 2.45) is 0 Å². The smallest absolute Gasteiger partial charge is 0.0622 e. The highest BCUT2D eigenvalue weighted by atomic mass is 79.9. The monoisotopic (exact) mass is 577 g/mol. The molecule has 1 nitrogen and oxygen atoms in total. The zero-order valence-corrected chi connectivity index (χ0v) is 22.1. The van der Waals surface area contributed by atoms with E-state index in [0.717, 1.165) is 21.8 Å². The molecule has 0 saturated carbocycles. The highest BCUT2D eigenvalue weighted by Gasteiger charge is 2.22. The lowest BCUT2D eigenvalue weighted by atomic mass is 9.94. The van der Waals surface area contributed by atoms with Gasteiger partial charge in [0.1, 0.15) is 0 Å². The van der Waals surface area contributed by atoms with Crippen LogP contribution in [0.5, 0.6) is 0 Å². The summed E-state index contributed by atoms with van der Waals surface area (Å²) in [6, 6.07) is 31.0. The lowest BCUT2D eigenvalue weighted by Crippen LogP contribution is -1.99. The second-order valence-electron chi connectivity index (χ2n) is 9.13. The summed E-state index contributed by atoms with van der Waals surface area (Å²) in [4.78, 5) is 0. The van der Waals surface area contributed by atoms with Gasteiger partial charge >= 0.3 is 0 Å². The molecule has 168 valence electrons. The van der Waals surface area contributed by atoms with Crippen LogP contribution in [0.4, 0.5) is 0 Å². The molecular weight excluding hydrogens is 558 g/mol. The van der Waals surface area contributed by atoms with Crippen LogP contribution < -0.4 is 0 Å². The summed E-state index contributed by atoms with van der Waals surface area (Å²) >= 11 is 7.42. The van der Waals surface area contributed by atoms with Gasteiger partial charge in [0.25, 0.3) is 0 Å². The van der Waals surface area contributed by atoms with E-state index < -0.39 is 0 Å². The van der Waals surface area contributed by atoms with Gasteiger partial charge in [0.15, 0.2) is 0 Å². The lowest BCUT2D eigenvalue weighted by Gasteiger charge is -2.16. The number of allylic oxidation sites excluding steroid dienone is 4. The molecule has 35 heavy (non-hydrogen) atoms. The maximum atomic E-state index is 3.71. The average molecular weight is 579 g/mol. The normalized spacial score (nSPS) is 13.8. The Morgan fingerprint density at radius 2 is 1.34 bits per heavy atom. The fraction of sp³-hybridized carbons (Fsp3) is 0.0625. The standard InChI is InChI=1S/C32H21Br2N/c33-21-17-20(18-22(34)19-21)24-15-8-16-29-30(24)31-27-13-6-4-11-25(27)26-12-5-7-14-28(26)32(31)35(29)23-9-2-1-3-10-23/h1-2,4-9,11-19H,3,10H2. The molecule has 5 aromatic carbocycles. The minimum atomic E-state index is 1.03. The Kier molecular flexibility index (Phi) is 4.97. The first-order valence-corrected chi connectivity index (χ1v) is 13.5. The molecule has 0 saturated heterocycles. The topological polar surface area (TPSA) is 4.93 Å². The first-order chi connectivity index (χ1) is 17.2. The number of fused-ring (bicyclic) bond motifs is 8. The number of aromatic nitrogens is 1. The van der Waals surface area contributed by atoms with Gasteiger partial charge in [-0.25, -0.2) is 0 Å². The van der Waals surface area contributed by atoms with E-state index in [2.05, 4.69) is 140 Å². The van der Waals surface area contributed by atoms with Gasteiger partial charge in [-0.2, -0.15) is 0 Å². The highest BCUT2D eigenvalue weighted by Crippen LogP contribution is 2.46.